The predicted molar refractivity (Wildman–Crippen MR) is 75.3 cm³/mol. The number of nitrogens with one attached hydrogen (secondary N) is 2. The Labute approximate surface area is 114 Å². The molecule has 0 aliphatic rings. The number of nitriles is 1. The van der Waals surface area contributed by atoms with Gasteiger partial charge in [-0.25, -0.2) is 0 Å². The van der Waals surface area contributed by atoms with E-state index in [1.54, 1.807) is 6.20 Å². The molecule has 0 unspecified atom stereocenters. The lowest BCUT2D eigenvalue weighted by molar-refractivity contribution is 0.881. The molecule has 2 N–H and O–H groups in total. The summed E-state index contributed by atoms with van der Waals surface area (Å²) in [4.78, 5) is 0. The number of aromatic amines is 1. The average Bonchev–Trinajstić information content (AvgIpc) is 3.02. The van der Waals surface area contributed by atoms with Crippen LogP contribution in [0.5, 0.6) is 0 Å². The Hall–Kier alpha value is -3.20. The second kappa shape index (κ2) is 5.20. The van der Waals surface area contributed by atoms with Crippen molar-refractivity contribution in [1.82, 2.24) is 20.6 Å². The van der Waals surface area contributed by atoms with E-state index in [-0.39, 0.29) is 5.82 Å². The van der Waals surface area contributed by atoms with Crippen LogP contribution >= 0.6 is 0 Å². The summed E-state index contributed by atoms with van der Waals surface area (Å²) in [5.74, 6) is 0.265. The molecule has 0 saturated carbocycles. The van der Waals surface area contributed by atoms with Gasteiger partial charge >= 0.3 is 0 Å². The zero-order valence-corrected chi connectivity index (χ0v) is 10.4. The van der Waals surface area contributed by atoms with Crippen LogP contribution in [0.3, 0.4) is 0 Å². The molecule has 6 heteroatoms. The number of hydrogen-bond donors (Lipinski definition) is 2. The lowest BCUT2D eigenvalue weighted by Crippen LogP contribution is -1.93. The summed E-state index contributed by atoms with van der Waals surface area (Å²) in [6.45, 7) is 0. The zero-order valence-electron chi connectivity index (χ0n) is 10.4. The molecule has 0 spiro atoms. The molecule has 0 amide bonds. The van der Waals surface area contributed by atoms with Crippen LogP contribution in [0.15, 0.2) is 48.7 Å². The molecule has 1 heterocycles. The Kier molecular flexibility index (Phi) is 3.08. The third kappa shape index (κ3) is 2.33. The number of allylic oxidation sites excluding steroid dienone is 1. The molecule has 0 radical (unpaired) electrons. The van der Waals surface area contributed by atoms with E-state index in [1.807, 2.05) is 42.5 Å². The number of aromatic nitrogens is 4. The number of tetrazole rings is 1. The summed E-state index contributed by atoms with van der Waals surface area (Å²) < 4.78 is 0. The fourth-order valence-corrected chi connectivity index (χ4v) is 1.86. The van der Waals surface area contributed by atoms with E-state index >= 15 is 0 Å². The van der Waals surface area contributed by atoms with Crippen molar-refractivity contribution < 1.29 is 0 Å². The number of anilines is 1. The highest BCUT2D eigenvalue weighted by Crippen LogP contribution is 2.19. The molecular formula is C14H10N6. The van der Waals surface area contributed by atoms with Crippen LogP contribution in [0.1, 0.15) is 5.82 Å². The van der Waals surface area contributed by atoms with Gasteiger partial charge in [-0.05, 0) is 28.1 Å². The van der Waals surface area contributed by atoms with Gasteiger partial charge < -0.3 is 5.32 Å². The van der Waals surface area contributed by atoms with Crippen LogP contribution in [0, 0.1) is 11.3 Å². The number of nitrogens with zero attached hydrogens (tertiary/aromatic N) is 4. The molecule has 0 saturated heterocycles. The standard InChI is InChI=1S/C14H10N6/c15-8-12(14-17-19-20-18-14)9-16-13-6-5-10-3-1-2-4-11(10)7-13/h1-7,9,16H,(H,17,18,19,20). The fourth-order valence-electron chi connectivity index (χ4n) is 1.86. The van der Waals surface area contributed by atoms with Crippen molar-refractivity contribution in [2.45, 2.75) is 0 Å². The van der Waals surface area contributed by atoms with Gasteiger partial charge in [-0.15, -0.1) is 10.2 Å². The van der Waals surface area contributed by atoms with E-state index in [9.17, 15) is 0 Å². The Morgan fingerprint density at radius 2 is 2.05 bits per heavy atom. The quantitative estimate of drug-likeness (QED) is 0.707. The van der Waals surface area contributed by atoms with Crippen molar-refractivity contribution in [3.8, 4) is 6.07 Å². The minimum absolute atomic E-state index is 0.265. The first kappa shape index (κ1) is 11.9. The van der Waals surface area contributed by atoms with Crippen LogP contribution in [-0.4, -0.2) is 20.6 Å². The third-order valence-electron chi connectivity index (χ3n) is 2.84. The maximum atomic E-state index is 9.07. The minimum Gasteiger partial charge on any atom is -0.360 e. The highest BCUT2D eigenvalue weighted by atomic mass is 15.5. The van der Waals surface area contributed by atoms with E-state index in [4.69, 9.17) is 5.26 Å². The number of fused-ring (bicyclic) bond motifs is 1. The first-order chi connectivity index (χ1) is 9.86. The monoisotopic (exact) mass is 262 g/mol. The second-order valence-corrected chi connectivity index (χ2v) is 4.11. The predicted octanol–water partition coefficient (Wildman–Crippen LogP) is 2.33. The topological polar surface area (TPSA) is 90.3 Å². The van der Waals surface area contributed by atoms with E-state index in [0.29, 0.717) is 5.57 Å². The van der Waals surface area contributed by atoms with E-state index in [1.165, 1.54) is 5.39 Å². The maximum Gasteiger partial charge on any atom is 0.216 e. The summed E-state index contributed by atoms with van der Waals surface area (Å²) in [6, 6.07) is 16.1. The second-order valence-electron chi connectivity index (χ2n) is 4.11. The maximum absolute atomic E-state index is 9.07. The van der Waals surface area contributed by atoms with Crippen molar-refractivity contribution in [3.05, 3.63) is 54.5 Å². The van der Waals surface area contributed by atoms with Gasteiger partial charge in [0.2, 0.25) is 5.82 Å². The Bertz CT molecular complexity index is 798. The van der Waals surface area contributed by atoms with Gasteiger partial charge in [0.25, 0.3) is 0 Å². The van der Waals surface area contributed by atoms with Crippen molar-refractivity contribution in [3.63, 3.8) is 0 Å². The van der Waals surface area contributed by atoms with Crippen LogP contribution in [0.4, 0.5) is 5.69 Å². The smallest absolute Gasteiger partial charge is 0.216 e. The highest BCUT2D eigenvalue weighted by molar-refractivity contribution is 5.86. The number of H-pyrrole nitrogens is 1. The van der Waals surface area contributed by atoms with Gasteiger partial charge in [0.1, 0.15) is 11.6 Å². The molecule has 20 heavy (non-hydrogen) atoms. The lowest BCUT2D eigenvalue weighted by atomic mass is 10.1. The minimum atomic E-state index is 0.265. The van der Waals surface area contributed by atoms with E-state index in [2.05, 4.69) is 32.0 Å². The molecule has 0 atom stereocenters. The molecule has 3 aromatic rings. The SMILES string of the molecule is N#CC(=CNc1ccc2ccccc2c1)c1nn[nH]n1. The van der Waals surface area contributed by atoms with Crippen molar-refractivity contribution in [1.29, 1.82) is 5.26 Å². The van der Waals surface area contributed by atoms with Crippen molar-refractivity contribution >= 4 is 22.0 Å². The zero-order chi connectivity index (χ0) is 13.8. The molecule has 96 valence electrons. The summed E-state index contributed by atoms with van der Waals surface area (Å²) in [5.41, 5.74) is 1.20. The number of rotatable bonds is 3. The van der Waals surface area contributed by atoms with Crippen molar-refractivity contribution in [2.75, 3.05) is 5.32 Å². The van der Waals surface area contributed by atoms with Gasteiger partial charge in [0.05, 0.1) is 0 Å². The Morgan fingerprint density at radius 3 is 2.80 bits per heavy atom. The number of hydrogen-bond acceptors (Lipinski definition) is 5. The van der Waals surface area contributed by atoms with Crippen molar-refractivity contribution in [2.24, 2.45) is 0 Å². The molecule has 0 aliphatic carbocycles. The summed E-state index contributed by atoms with van der Waals surface area (Å²) in [6.07, 6.45) is 1.56. The third-order valence-corrected chi connectivity index (χ3v) is 2.84. The first-order valence-corrected chi connectivity index (χ1v) is 5.96. The molecule has 0 fully saturated rings. The largest absolute Gasteiger partial charge is 0.360 e. The normalized spacial score (nSPS) is 11.2. The summed E-state index contributed by atoms with van der Waals surface area (Å²) >= 11 is 0. The van der Waals surface area contributed by atoms with Gasteiger partial charge in [0, 0.05) is 11.9 Å². The molecule has 3 rings (SSSR count). The van der Waals surface area contributed by atoms with E-state index < -0.39 is 0 Å². The van der Waals surface area contributed by atoms with Gasteiger partial charge in [-0.3, -0.25) is 0 Å². The van der Waals surface area contributed by atoms with E-state index in [0.717, 1.165) is 11.1 Å². The molecule has 0 aliphatic heterocycles. The Morgan fingerprint density at radius 1 is 1.20 bits per heavy atom. The first-order valence-electron chi connectivity index (χ1n) is 5.96. The van der Waals surface area contributed by atoms with Crippen LogP contribution in [0.2, 0.25) is 0 Å². The highest BCUT2D eigenvalue weighted by Gasteiger charge is 2.05. The molecule has 6 nitrogen and oxygen atoms in total. The summed E-state index contributed by atoms with van der Waals surface area (Å²) in [7, 11) is 0. The molecular weight excluding hydrogens is 252 g/mol. The lowest BCUT2D eigenvalue weighted by Gasteiger charge is -2.03. The van der Waals surface area contributed by atoms with Crippen LogP contribution < -0.4 is 5.32 Å². The molecule has 1 aromatic heterocycles. The van der Waals surface area contributed by atoms with Crippen LogP contribution in [-0.2, 0) is 0 Å². The van der Waals surface area contributed by atoms with Gasteiger partial charge in [0.15, 0.2) is 0 Å². The van der Waals surface area contributed by atoms with Gasteiger partial charge in [-0.1, -0.05) is 30.3 Å². The average molecular weight is 262 g/mol. The number of benzene rings is 2. The summed E-state index contributed by atoms with van der Waals surface area (Å²) in [5, 5.41) is 27.7. The fraction of sp³-hybridized carbons (Fsp3) is 0. The Balaban J connectivity index is 1.88. The molecule has 0 bridgehead atoms. The van der Waals surface area contributed by atoms with Gasteiger partial charge in [-0.2, -0.15) is 10.5 Å². The molecule has 2 aromatic carbocycles. The van der Waals surface area contributed by atoms with Crippen LogP contribution in [0.25, 0.3) is 16.3 Å².